The standard InChI is InChI=1S/C19H22ClN5O2/c1-23-17-5-2-4-15(20)19(17)16(22-23)12-24-8-3-9-25-14(11-24)10-13(21-25)6-7-18(26)27/h2,4-5,10H,3,6-9,11-12H2,1H3,(H,26,27). The largest absolute Gasteiger partial charge is 0.481 e. The van der Waals surface area contributed by atoms with E-state index in [1.54, 1.807) is 0 Å². The minimum atomic E-state index is -0.793. The zero-order valence-electron chi connectivity index (χ0n) is 15.2. The number of aromatic nitrogens is 4. The SMILES string of the molecule is Cn1nc(CN2CCCn3nc(CCC(=O)O)cc3C2)c2c(Cl)cccc21. The summed E-state index contributed by atoms with van der Waals surface area (Å²) in [5.41, 5.74) is 3.99. The van der Waals surface area contributed by atoms with Crippen LogP contribution in [0.3, 0.4) is 0 Å². The Hall–Kier alpha value is -2.38. The molecule has 142 valence electrons. The number of carboxylic acid groups (broad SMARTS) is 1. The highest BCUT2D eigenvalue weighted by Gasteiger charge is 2.20. The molecule has 0 saturated carbocycles. The molecular weight excluding hydrogens is 366 g/mol. The zero-order chi connectivity index (χ0) is 19.0. The molecule has 4 rings (SSSR count). The van der Waals surface area contributed by atoms with Crippen molar-refractivity contribution >= 4 is 28.5 Å². The Morgan fingerprint density at radius 1 is 1.30 bits per heavy atom. The maximum absolute atomic E-state index is 10.8. The number of fused-ring (bicyclic) bond motifs is 2. The number of aliphatic carboxylic acids is 1. The molecule has 0 radical (unpaired) electrons. The van der Waals surface area contributed by atoms with Crippen LogP contribution in [0, 0.1) is 0 Å². The second kappa shape index (κ2) is 7.32. The number of carbonyl (C=O) groups is 1. The van der Waals surface area contributed by atoms with Gasteiger partial charge in [-0.25, -0.2) is 0 Å². The van der Waals surface area contributed by atoms with Gasteiger partial charge in [-0.2, -0.15) is 10.2 Å². The van der Waals surface area contributed by atoms with Gasteiger partial charge >= 0.3 is 5.97 Å². The molecule has 0 aliphatic carbocycles. The molecule has 3 aromatic rings. The van der Waals surface area contributed by atoms with E-state index in [9.17, 15) is 4.79 Å². The number of halogens is 1. The van der Waals surface area contributed by atoms with Gasteiger partial charge in [-0.1, -0.05) is 17.7 Å². The molecule has 0 spiro atoms. The molecule has 1 aliphatic rings. The molecule has 0 bridgehead atoms. The molecule has 27 heavy (non-hydrogen) atoms. The van der Waals surface area contributed by atoms with Crippen LogP contribution in [0.25, 0.3) is 10.9 Å². The predicted molar refractivity (Wildman–Crippen MR) is 103 cm³/mol. The van der Waals surface area contributed by atoms with E-state index in [0.29, 0.717) is 6.42 Å². The van der Waals surface area contributed by atoms with Gasteiger partial charge in [-0.05, 0) is 24.6 Å². The summed E-state index contributed by atoms with van der Waals surface area (Å²) in [7, 11) is 1.94. The zero-order valence-corrected chi connectivity index (χ0v) is 16.0. The maximum atomic E-state index is 10.8. The van der Waals surface area contributed by atoms with Crippen LogP contribution < -0.4 is 0 Å². The van der Waals surface area contributed by atoms with Crippen molar-refractivity contribution in [3.63, 3.8) is 0 Å². The van der Waals surface area contributed by atoms with Crippen molar-refractivity contribution in [2.45, 2.75) is 38.9 Å². The summed E-state index contributed by atoms with van der Waals surface area (Å²) >= 11 is 6.44. The van der Waals surface area contributed by atoms with Crippen molar-refractivity contribution < 1.29 is 9.90 Å². The predicted octanol–water partition coefficient (Wildman–Crippen LogP) is 2.85. The lowest BCUT2D eigenvalue weighted by atomic mass is 10.2. The van der Waals surface area contributed by atoms with E-state index in [2.05, 4.69) is 15.1 Å². The average molecular weight is 388 g/mol. The smallest absolute Gasteiger partial charge is 0.303 e. The average Bonchev–Trinajstić information content (AvgIpc) is 3.09. The third-order valence-corrected chi connectivity index (χ3v) is 5.33. The Morgan fingerprint density at radius 3 is 2.96 bits per heavy atom. The van der Waals surface area contributed by atoms with Crippen molar-refractivity contribution in [1.82, 2.24) is 24.5 Å². The van der Waals surface area contributed by atoms with Crippen LogP contribution in [-0.4, -0.2) is 42.1 Å². The Labute approximate surface area is 162 Å². The van der Waals surface area contributed by atoms with Crippen LogP contribution in [0.1, 0.15) is 29.9 Å². The molecule has 0 atom stereocenters. The molecule has 2 aromatic heterocycles. The molecule has 0 amide bonds. The van der Waals surface area contributed by atoms with Gasteiger partial charge in [0, 0.05) is 45.0 Å². The topological polar surface area (TPSA) is 76.2 Å². The molecule has 3 heterocycles. The molecular formula is C19H22ClN5O2. The summed E-state index contributed by atoms with van der Waals surface area (Å²) in [5.74, 6) is -0.793. The third kappa shape index (κ3) is 3.70. The van der Waals surface area contributed by atoms with Crippen LogP contribution in [0.15, 0.2) is 24.3 Å². The van der Waals surface area contributed by atoms with Gasteiger partial charge in [0.25, 0.3) is 0 Å². The maximum Gasteiger partial charge on any atom is 0.303 e. The third-order valence-electron chi connectivity index (χ3n) is 5.01. The Balaban J connectivity index is 1.55. The summed E-state index contributed by atoms with van der Waals surface area (Å²) in [6, 6.07) is 7.91. The number of hydrogen-bond acceptors (Lipinski definition) is 4. The van der Waals surface area contributed by atoms with E-state index in [0.717, 1.165) is 65.6 Å². The number of hydrogen-bond donors (Lipinski definition) is 1. The van der Waals surface area contributed by atoms with Crippen molar-refractivity contribution in [3.05, 3.63) is 46.4 Å². The van der Waals surface area contributed by atoms with E-state index < -0.39 is 5.97 Å². The lowest BCUT2D eigenvalue weighted by Gasteiger charge is -2.18. The van der Waals surface area contributed by atoms with Gasteiger partial charge in [-0.3, -0.25) is 19.1 Å². The molecule has 1 aromatic carbocycles. The number of carboxylic acids is 1. The fraction of sp³-hybridized carbons (Fsp3) is 0.421. The molecule has 1 aliphatic heterocycles. The van der Waals surface area contributed by atoms with Crippen LogP contribution in [-0.2, 0) is 37.9 Å². The number of nitrogens with zero attached hydrogens (tertiary/aromatic N) is 5. The molecule has 0 unspecified atom stereocenters. The van der Waals surface area contributed by atoms with Crippen molar-refractivity contribution in [2.24, 2.45) is 7.05 Å². The minimum absolute atomic E-state index is 0.110. The summed E-state index contributed by atoms with van der Waals surface area (Å²) in [4.78, 5) is 13.2. The summed E-state index contributed by atoms with van der Waals surface area (Å²) in [6.45, 7) is 3.29. The highest BCUT2D eigenvalue weighted by molar-refractivity contribution is 6.35. The Kier molecular flexibility index (Phi) is 4.88. The van der Waals surface area contributed by atoms with E-state index in [4.69, 9.17) is 16.7 Å². The van der Waals surface area contributed by atoms with Crippen LogP contribution in [0.2, 0.25) is 5.02 Å². The van der Waals surface area contributed by atoms with Crippen LogP contribution in [0.4, 0.5) is 0 Å². The summed E-state index contributed by atoms with van der Waals surface area (Å²) in [6.07, 6.45) is 1.57. The first-order valence-electron chi connectivity index (χ1n) is 9.11. The fourth-order valence-electron chi connectivity index (χ4n) is 3.76. The first-order chi connectivity index (χ1) is 13.0. The van der Waals surface area contributed by atoms with Gasteiger partial charge < -0.3 is 5.11 Å². The number of aryl methyl sites for hydroxylation is 3. The van der Waals surface area contributed by atoms with Gasteiger partial charge in [0.05, 0.1) is 34.0 Å². The van der Waals surface area contributed by atoms with Crippen LogP contribution in [0.5, 0.6) is 0 Å². The molecule has 7 nitrogen and oxygen atoms in total. The number of rotatable bonds is 5. The van der Waals surface area contributed by atoms with Gasteiger partial charge in [0.2, 0.25) is 0 Å². The normalized spacial score (nSPS) is 15.0. The summed E-state index contributed by atoms with van der Waals surface area (Å²) in [5, 5.41) is 19.9. The quantitative estimate of drug-likeness (QED) is 0.728. The molecule has 0 fully saturated rings. The van der Waals surface area contributed by atoms with Crippen molar-refractivity contribution in [1.29, 1.82) is 0 Å². The van der Waals surface area contributed by atoms with Gasteiger partial charge in [0.15, 0.2) is 0 Å². The molecule has 1 N–H and O–H groups in total. The minimum Gasteiger partial charge on any atom is -0.481 e. The highest BCUT2D eigenvalue weighted by atomic mass is 35.5. The van der Waals surface area contributed by atoms with E-state index in [1.807, 2.05) is 40.7 Å². The Morgan fingerprint density at radius 2 is 2.15 bits per heavy atom. The summed E-state index contributed by atoms with van der Waals surface area (Å²) < 4.78 is 3.89. The second-order valence-corrected chi connectivity index (χ2v) is 7.42. The highest BCUT2D eigenvalue weighted by Crippen LogP contribution is 2.28. The lowest BCUT2D eigenvalue weighted by Crippen LogP contribution is -2.23. The monoisotopic (exact) mass is 387 g/mol. The second-order valence-electron chi connectivity index (χ2n) is 7.01. The van der Waals surface area contributed by atoms with Crippen molar-refractivity contribution in [2.75, 3.05) is 6.54 Å². The number of benzene rings is 1. The van der Waals surface area contributed by atoms with E-state index in [1.165, 1.54) is 0 Å². The lowest BCUT2D eigenvalue weighted by molar-refractivity contribution is -0.136. The van der Waals surface area contributed by atoms with Gasteiger partial charge in [0.1, 0.15) is 0 Å². The van der Waals surface area contributed by atoms with Crippen molar-refractivity contribution in [3.8, 4) is 0 Å². The van der Waals surface area contributed by atoms with E-state index in [-0.39, 0.29) is 6.42 Å². The fourth-order valence-corrected chi connectivity index (χ4v) is 4.03. The Bertz CT molecular complexity index is 994. The molecule has 8 heteroatoms. The first kappa shape index (κ1) is 18.0. The van der Waals surface area contributed by atoms with Crippen LogP contribution >= 0.6 is 11.6 Å². The van der Waals surface area contributed by atoms with Gasteiger partial charge in [-0.15, -0.1) is 0 Å². The first-order valence-corrected chi connectivity index (χ1v) is 9.49. The molecule has 0 saturated heterocycles. The van der Waals surface area contributed by atoms with E-state index >= 15 is 0 Å².